The van der Waals surface area contributed by atoms with Crippen LogP contribution in [0.15, 0.2) is 53.4 Å². The molecule has 0 radical (unpaired) electrons. The summed E-state index contributed by atoms with van der Waals surface area (Å²) < 4.78 is 44.2. The molecule has 0 unspecified atom stereocenters. The van der Waals surface area contributed by atoms with Gasteiger partial charge in [-0.3, -0.25) is 4.79 Å². The first-order valence-electron chi connectivity index (χ1n) is 7.02. The SMILES string of the molecule is O=C(CCNS(=O)(=O)c1ccc(Cl)cc1)OCc1cccc(F)c1. The molecule has 0 aliphatic rings. The van der Waals surface area contributed by atoms with E-state index < -0.39 is 21.8 Å². The normalized spacial score (nSPS) is 11.2. The van der Waals surface area contributed by atoms with Crippen LogP contribution in [0, 0.1) is 5.82 Å². The van der Waals surface area contributed by atoms with Crippen molar-refractivity contribution >= 4 is 27.6 Å². The topological polar surface area (TPSA) is 72.5 Å². The first-order chi connectivity index (χ1) is 11.4. The summed E-state index contributed by atoms with van der Waals surface area (Å²) in [4.78, 5) is 11.7. The van der Waals surface area contributed by atoms with Crippen LogP contribution >= 0.6 is 11.6 Å². The highest BCUT2D eigenvalue weighted by Crippen LogP contribution is 2.13. The van der Waals surface area contributed by atoms with Crippen LogP contribution in [0.2, 0.25) is 5.02 Å². The van der Waals surface area contributed by atoms with E-state index in [1.807, 2.05) is 0 Å². The Labute approximate surface area is 144 Å². The van der Waals surface area contributed by atoms with Gasteiger partial charge < -0.3 is 4.74 Å². The minimum absolute atomic E-state index is 0.0556. The summed E-state index contributed by atoms with van der Waals surface area (Å²) in [5.41, 5.74) is 0.519. The maximum absolute atomic E-state index is 13.0. The van der Waals surface area contributed by atoms with E-state index in [-0.39, 0.29) is 24.5 Å². The molecule has 2 aromatic rings. The molecule has 128 valence electrons. The molecule has 0 amide bonds. The highest BCUT2D eigenvalue weighted by atomic mass is 35.5. The van der Waals surface area contributed by atoms with E-state index >= 15 is 0 Å². The van der Waals surface area contributed by atoms with Crippen molar-refractivity contribution in [2.24, 2.45) is 0 Å². The molecular weight excluding hydrogens is 357 g/mol. The van der Waals surface area contributed by atoms with Crippen molar-refractivity contribution in [3.8, 4) is 0 Å². The fourth-order valence-electron chi connectivity index (χ4n) is 1.85. The van der Waals surface area contributed by atoms with E-state index in [1.54, 1.807) is 6.07 Å². The van der Waals surface area contributed by atoms with Gasteiger partial charge in [0.15, 0.2) is 0 Å². The van der Waals surface area contributed by atoms with Crippen molar-refractivity contribution in [2.45, 2.75) is 17.9 Å². The Bertz CT molecular complexity index is 809. The number of ether oxygens (including phenoxy) is 1. The van der Waals surface area contributed by atoms with E-state index in [1.165, 1.54) is 42.5 Å². The summed E-state index contributed by atoms with van der Waals surface area (Å²) in [5.74, 6) is -1.00. The maximum atomic E-state index is 13.0. The highest BCUT2D eigenvalue weighted by Gasteiger charge is 2.14. The van der Waals surface area contributed by atoms with Crippen LogP contribution < -0.4 is 4.72 Å². The van der Waals surface area contributed by atoms with Crippen LogP contribution in [0.3, 0.4) is 0 Å². The van der Waals surface area contributed by atoms with Gasteiger partial charge in [0.1, 0.15) is 12.4 Å². The van der Waals surface area contributed by atoms with Gasteiger partial charge in [-0.05, 0) is 42.0 Å². The number of nitrogens with one attached hydrogen (secondary N) is 1. The molecule has 5 nitrogen and oxygen atoms in total. The summed E-state index contributed by atoms with van der Waals surface area (Å²) in [5, 5.41) is 0.426. The molecule has 0 fully saturated rings. The number of rotatable bonds is 7. The molecular formula is C16H15ClFNO4S. The molecule has 0 aliphatic carbocycles. The van der Waals surface area contributed by atoms with Crippen LogP contribution in [0.5, 0.6) is 0 Å². The van der Waals surface area contributed by atoms with Gasteiger partial charge in [0, 0.05) is 11.6 Å². The number of hydrogen-bond acceptors (Lipinski definition) is 4. The number of carbonyl (C=O) groups excluding carboxylic acids is 1. The molecule has 2 aromatic carbocycles. The quantitative estimate of drug-likeness (QED) is 0.759. The van der Waals surface area contributed by atoms with E-state index in [4.69, 9.17) is 16.3 Å². The minimum Gasteiger partial charge on any atom is -0.461 e. The lowest BCUT2D eigenvalue weighted by atomic mass is 10.2. The lowest BCUT2D eigenvalue weighted by molar-refractivity contribution is -0.144. The van der Waals surface area contributed by atoms with E-state index in [0.29, 0.717) is 10.6 Å². The van der Waals surface area contributed by atoms with E-state index in [0.717, 1.165) is 0 Å². The zero-order chi connectivity index (χ0) is 17.6. The number of sulfonamides is 1. The average molecular weight is 372 g/mol. The second-order valence-electron chi connectivity index (χ2n) is 4.89. The summed E-state index contributed by atoms with van der Waals surface area (Å²) in [6.45, 7) is -0.173. The van der Waals surface area contributed by atoms with Gasteiger partial charge in [-0.15, -0.1) is 0 Å². The Kier molecular flexibility index (Phi) is 6.30. The number of hydrogen-bond donors (Lipinski definition) is 1. The van der Waals surface area contributed by atoms with Crippen molar-refractivity contribution in [3.05, 3.63) is 64.9 Å². The van der Waals surface area contributed by atoms with Gasteiger partial charge in [-0.2, -0.15) is 0 Å². The van der Waals surface area contributed by atoms with Gasteiger partial charge in [0.25, 0.3) is 0 Å². The smallest absolute Gasteiger partial charge is 0.307 e. The van der Waals surface area contributed by atoms with E-state index in [9.17, 15) is 17.6 Å². The van der Waals surface area contributed by atoms with Crippen LogP contribution in [-0.4, -0.2) is 20.9 Å². The summed E-state index contributed by atoms with van der Waals surface area (Å²) in [6, 6.07) is 11.3. The third-order valence-corrected chi connectivity index (χ3v) is 4.76. The molecule has 0 atom stereocenters. The standard InChI is InChI=1S/C16H15ClFNO4S/c17-13-4-6-15(7-5-13)24(21,22)19-9-8-16(20)23-11-12-2-1-3-14(18)10-12/h1-7,10,19H,8-9,11H2. The van der Waals surface area contributed by atoms with Crippen molar-refractivity contribution in [2.75, 3.05) is 6.54 Å². The van der Waals surface area contributed by atoms with Gasteiger partial charge in [0.05, 0.1) is 11.3 Å². The molecule has 0 bridgehead atoms. The molecule has 2 rings (SSSR count). The molecule has 24 heavy (non-hydrogen) atoms. The summed E-state index contributed by atoms with van der Waals surface area (Å²) in [6.07, 6.45) is -0.137. The Morgan fingerprint density at radius 2 is 1.88 bits per heavy atom. The molecule has 0 aromatic heterocycles. The van der Waals surface area contributed by atoms with Crippen molar-refractivity contribution in [1.29, 1.82) is 0 Å². The van der Waals surface area contributed by atoms with Crippen LogP contribution in [0.25, 0.3) is 0 Å². The Balaban J connectivity index is 1.78. The third-order valence-electron chi connectivity index (χ3n) is 3.03. The maximum Gasteiger partial charge on any atom is 0.307 e. The van der Waals surface area contributed by atoms with Crippen LogP contribution in [-0.2, 0) is 26.2 Å². The van der Waals surface area contributed by atoms with Crippen LogP contribution in [0.4, 0.5) is 4.39 Å². The van der Waals surface area contributed by atoms with Gasteiger partial charge in [-0.1, -0.05) is 23.7 Å². The number of carbonyl (C=O) groups is 1. The Morgan fingerprint density at radius 1 is 1.17 bits per heavy atom. The zero-order valence-corrected chi connectivity index (χ0v) is 14.1. The Morgan fingerprint density at radius 3 is 2.54 bits per heavy atom. The molecule has 0 spiro atoms. The molecule has 1 N–H and O–H groups in total. The van der Waals surface area contributed by atoms with Gasteiger partial charge in [-0.25, -0.2) is 17.5 Å². The monoisotopic (exact) mass is 371 g/mol. The van der Waals surface area contributed by atoms with Crippen LogP contribution in [0.1, 0.15) is 12.0 Å². The fourth-order valence-corrected chi connectivity index (χ4v) is 3.01. The lowest BCUT2D eigenvalue weighted by Gasteiger charge is -2.07. The first kappa shape index (κ1) is 18.4. The predicted octanol–water partition coefficient (Wildman–Crippen LogP) is 2.89. The number of esters is 1. The minimum atomic E-state index is -3.71. The van der Waals surface area contributed by atoms with Crippen molar-refractivity contribution in [3.63, 3.8) is 0 Å². The van der Waals surface area contributed by atoms with Crippen molar-refractivity contribution < 1.29 is 22.3 Å². The fraction of sp³-hybridized carbons (Fsp3) is 0.188. The largest absolute Gasteiger partial charge is 0.461 e. The molecule has 8 heteroatoms. The average Bonchev–Trinajstić information content (AvgIpc) is 2.53. The first-order valence-corrected chi connectivity index (χ1v) is 8.88. The molecule has 0 saturated heterocycles. The van der Waals surface area contributed by atoms with E-state index in [2.05, 4.69) is 4.72 Å². The lowest BCUT2D eigenvalue weighted by Crippen LogP contribution is -2.26. The van der Waals surface area contributed by atoms with Gasteiger partial charge in [0.2, 0.25) is 10.0 Å². The third kappa shape index (κ3) is 5.59. The summed E-state index contributed by atoms with van der Waals surface area (Å²) in [7, 11) is -3.71. The predicted molar refractivity (Wildman–Crippen MR) is 87.5 cm³/mol. The Hall–Kier alpha value is -1.96. The molecule has 0 heterocycles. The molecule has 0 aliphatic heterocycles. The summed E-state index contributed by atoms with van der Waals surface area (Å²) >= 11 is 5.70. The second kappa shape index (κ2) is 8.23. The number of benzene rings is 2. The van der Waals surface area contributed by atoms with Crippen molar-refractivity contribution in [1.82, 2.24) is 4.72 Å². The highest BCUT2D eigenvalue weighted by molar-refractivity contribution is 7.89. The second-order valence-corrected chi connectivity index (χ2v) is 7.10. The zero-order valence-electron chi connectivity index (χ0n) is 12.5. The molecule has 0 saturated carbocycles. The number of halogens is 2. The van der Waals surface area contributed by atoms with Gasteiger partial charge >= 0.3 is 5.97 Å².